The first kappa shape index (κ1) is 17.0. The highest BCUT2D eigenvalue weighted by Gasteiger charge is 2.21. The summed E-state index contributed by atoms with van der Waals surface area (Å²) in [5.41, 5.74) is 0.497. The van der Waals surface area contributed by atoms with Gasteiger partial charge in [0.05, 0.1) is 5.25 Å². The van der Waals surface area contributed by atoms with Crippen molar-refractivity contribution in [3.63, 3.8) is 0 Å². The van der Waals surface area contributed by atoms with E-state index in [9.17, 15) is 9.18 Å². The van der Waals surface area contributed by atoms with Gasteiger partial charge in [-0.25, -0.2) is 9.07 Å². The number of halogens is 1. The van der Waals surface area contributed by atoms with Crippen molar-refractivity contribution in [2.24, 2.45) is 0 Å². The van der Waals surface area contributed by atoms with E-state index in [-0.39, 0.29) is 5.91 Å². The maximum Gasteiger partial charge on any atom is 0.238 e. The third-order valence-electron chi connectivity index (χ3n) is 3.28. The van der Waals surface area contributed by atoms with Crippen molar-refractivity contribution in [2.45, 2.75) is 24.3 Å². The summed E-state index contributed by atoms with van der Waals surface area (Å²) in [6, 6.07) is 7.48. The Morgan fingerprint density at radius 1 is 1.40 bits per heavy atom. The van der Waals surface area contributed by atoms with Crippen LogP contribution < -0.4 is 11.2 Å². The van der Waals surface area contributed by atoms with Gasteiger partial charge in [0.1, 0.15) is 11.6 Å². The molecule has 25 heavy (non-hydrogen) atoms. The zero-order valence-electron chi connectivity index (χ0n) is 13.4. The smallest absolute Gasteiger partial charge is 0.238 e. The van der Waals surface area contributed by atoms with Gasteiger partial charge in [-0.1, -0.05) is 29.1 Å². The number of hydrogen-bond donors (Lipinski definition) is 2. The van der Waals surface area contributed by atoms with Crippen LogP contribution in [0.5, 0.6) is 0 Å². The second-order valence-corrected chi connectivity index (χ2v) is 6.57. The number of hydrogen-bond acceptors (Lipinski definition) is 7. The van der Waals surface area contributed by atoms with Crippen LogP contribution in [0, 0.1) is 12.7 Å². The lowest BCUT2D eigenvalue weighted by Crippen LogP contribution is -2.23. The van der Waals surface area contributed by atoms with E-state index in [2.05, 4.69) is 20.7 Å². The standard InChI is InChI=1S/C15H15FN6O2S/c1-8-6-12(21-24-8)18-14(23)9(2)25-15-20-19-13(22(15)17)10-4-3-5-11(16)7-10/h3-7,9H,17H2,1-2H3,(H,18,21,23)/t9-/m1/s1. The zero-order chi connectivity index (χ0) is 18.0. The fraction of sp³-hybridized carbons (Fsp3) is 0.200. The van der Waals surface area contributed by atoms with Gasteiger partial charge in [-0.05, 0) is 26.0 Å². The Morgan fingerprint density at radius 3 is 2.88 bits per heavy atom. The molecule has 8 nitrogen and oxygen atoms in total. The molecule has 130 valence electrons. The Hall–Kier alpha value is -2.88. The maximum absolute atomic E-state index is 13.3. The average Bonchev–Trinajstić information content (AvgIpc) is 3.14. The molecule has 0 saturated carbocycles. The summed E-state index contributed by atoms with van der Waals surface area (Å²) < 4.78 is 19.5. The SMILES string of the molecule is Cc1cc(NC(=O)[C@@H](C)Sc2nnc(-c3cccc(F)c3)n2N)no1. The van der Waals surface area contributed by atoms with Crippen LogP contribution in [0.4, 0.5) is 10.2 Å². The summed E-state index contributed by atoms with van der Waals surface area (Å²) in [7, 11) is 0. The van der Waals surface area contributed by atoms with Crippen molar-refractivity contribution in [1.82, 2.24) is 20.0 Å². The molecule has 1 atom stereocenters. The number of anilines is 1. The van der Waals surface area contributed by atoms with Crippen molar-refractivity contribution in [3.8, 4) is 11.4 Å². The number of carbonyl (C=O) groups excluding carboxylic acids is 1. The molecule has 0 fully saturated rings. The summed E-state index contributed by atoms with van der Waals surface area (Å²) in [5.74, 6) is 6.54. The van der Waals surface area contributed by atoms with Gasteiger partial charge < -0.3 is 15.7 Å². The number of rotatable bonds is 5. The monoisotopic (exact) mass is 362 g/mol. The lowest BCUT2D eigenvalue weighted by atomic mass is 10.2. The van der Waals surface area contributed by atoms with Gasteiger partial charge >= 0.3 is 0 Å². The Morgan fingerprint density at radius 2 is 2.20 bits per heavy atom. The Labute approximate surface area is 146 Å². The molecule has 0 aliphatic rings. The number of carbonyl (C=O) groups is 1. The second kappa shape index (κ2) is 6.93. The highest BCUT2D eigenvalue weighted by atomic mass is 32.2. The molecular weight excluding hydrogens is 347 g/mol. The molecule has 0 bridgehead atoms. The number of amides is 1. The summed E-state index contributed by atoms with van der Waals surface area (Å²) in [5, 5.41) is 14.1. The molecular formula is C15H15FN6O2S. The molecule has 2 aromatic heterocycles. The fourth-order valence-corrected chi connectivity index (χ4v) is 2.82. The number of aromatic nitrogens is 4. The second-order valence-electron chi connectivity index (χ2n) is 5.26. The number of nitrogens with zero attached hydrogens (tertiary/aromatic N) is 4. The van der Waals surface area contributed by atoms with Crippen LogP contribution in [0.2, 0.25) is 0 Å². The van der Waals surface area contributed by atoms with Gasteiger partial charge in [-0.2, -0.15) is 0 Å². The minimum absolute atomic E-state index is 0.284. The van der Waals surface area contributed by atoms with Crippen molar-refractivity contribution >= 4 is 23.5 Å². The highest BCUT2D eigenvalue weighted by Crippen LogP contribution is 2.25. The van der Waals surface area contributed by atoms with E-state index in [1.54, 1.807) is 32.0 Å². The summed E-state index contributed by atoms with van der Waals surface area (Å²) >= 11 is 1.12. The van der Waals surface area contributed by atoms with Crippen LogP contribution in [-0.2, 0) is 4.79 Å². The predicted octanol–water partition coefficient (Wildman–Crippen LogP) is 2.21. The van der Waals surface area contributed by atoms with Gasteiger partial charge in [0.2, 0.25) is 11.1 Å². The van der Waals surface area contributed by atoms with Crippen molar-refractivity contribution < 1.29 is 13.7 Å². The summed E-state index contributed by atoms with van der Waals surface area (Å²) in [6.45, 7) is 3.43. The summed E-state index contributed by atoms with van der Waals surface area (Å²) in [4.78, 5) is 12.2. The molecule has 0 unspecified atom stereocenters. The van der Waals surface area contributed by atoms with Gasteiger partial charge in [0, 0.05) is 11.6 Å². The predicted molar refractivity (Wildman–Crippen MR) is 90.8 cm³/mol. The molecule has 1 aromatic carbocycles. The first-order valence-corrected chi connectivity index (χ1v) is 8.19. The molecule has 3 rings (SSSR count). The molecule has 0 aliphatic carbocycles. The number of nitrogens with two attached hydrogens (primary N) is 1. The van der Waals surface area contributed by atoms with Crippen LogP contribution in [0.1, 0.15) is 12.7 Å². The van der Waals surface area contributed by atoms with Crippen molar-refractivity contribution in [1.29, 1.82) is 0 Å². The van der Waals surface area contributed by atoms with E-state index >= 15 is 0 Å². The number of thioether (sulfide) groups is 1. The van der Waals surface area contributed by atoms with Gasteiger partial charge in [0.25, 0.3) is 0 Å². The topological polar surface area (TPSA) is 112 Å². The van der Waals surface area contributed by atoms with Crippen LogP contribution in [-0.4, -0.2) is 31.2 Å². The lowest BCUT2D eigenvalue weighted by Gasteiger charge is -2.09. The average molecular weight is 362 g/mol. The van der Waals surface area contributed by atoms with Crippen molar-refractivity contribution in [3.05, 3.63) is 41.9 Å². The van der Waals surface area contributed by atoms with E-state index in [1.165, 1.54) is 16.8 Å². The van der Waals surface area contributed by atoms with Gasteiger partial charge in [-0.15, -0.1) is 10.2 Å². The maximum atomic E-state index is 13.3. The molecule has 3 aromatic rings. The third kappa shape index (κ3) is 3.79. The van der Waals surface area contributed by atoms with Crippen molar-refractivity contribution in [2.75, 3.05) is 11.2 Å². The lowest BCUT2D eigenvalue weighted by molar-refractivity contribution is -0.115. The number of nitrogens with one attached hydrogen (secondary N) is 1. The molecule has 0 spiro atoms. The molecule has 0 saturated heterocycles. The fourth-order valence-electron chi connectivity index (χ4n) is 2.05. The van der Waals surface area contributed by atoms with Crippen LogP contribution in [0.25, 0.3) is 11.4 Å². The first-order chi connectivity index (χ1) is 11.9. The van der Waals surface area contributed by atoms with Crippen LogP contribution in [0.15, 0.2) is 40.0 Å². The van der Waals surface area contributed by atoms with Crippen LogP contribution in [0.3, 0.4) is 0 Å². The van der Waals surface area contributed by atoms with E-state index in [0.29, 0.717) is 28.1 Å². The normalized spacial score (nSPS) is 12.1. The van der Waals surface area contributed by atoms with Gasteiger partial charge in [0.15, 0.2) is 11.6 Å². The molecule has 2 heterocycles. The summed E-state index contributed by atoms with van der Waals surface area (Å²) in [6.07, 6.45) is 0. The molecule has 3 N–H and O–H groups in total. The van der Waals surface area contributed by atoms with E-state index in [4.69, 9.17) is 10.4 Å². The van der Waals surface area contributed by atoms with E-state index in [0.717, 1.165) is 11.8 Å². The Kier molecular flexibility index (Phi) is 4.70. The Balaban J connectivity index is 1.71. The molecule has 0 aliphatic heterocycles. The molecule has 0 radical (unpaired) electrons. The Bertz CT molecular complexity index is 909. The highest BCUT2D eigenvalue weighted by molar-refractivity contribution is 8.00. The van der Waals surface area contributed by atoms with Crippen LogP contribution >= 0.6 is 11.8 Å². The zero-order valence-corrected chi connectivity index (χ0v) is 14.2. The third-order valence-corrected chi connectivity index (χ3v) is 4.33. The minimum Gasteiger partial charge on any atom is -0.360 e. The number of nitrogen functional groups attached to an aromatic ring is 1. The number of benzene rings is 1. The van der Waals surface area contributed by atoms with Gasteiger partial charge in [-0.3, -0.25) is 4.79 Å². The largest absolute Gasteiger partial charge is 0.360 e. The molecule has 1 amide bonds. The van der Waals surface area contributed by atoms with E-state index in [1.807, 2.05) is 0 Å². The first-order valence-electron chi connectivity index (χ1n) is 7.31. The quantitative estimate of drug-likeness (QED) is 0.528. The number of aryl methyl sites for hydroxylation is 1. The molecule has 10 heteroatoms. The van der Waals surface area contributed by atoms with E-state index < -0.39 is 11.1 Å². The minimum atomic E-state index is -0.510.